The van der Waals surface area contributed by atoms with Crippen molar-refractivity contribution in [2.45, 2.75) is 39.2 Å². The van der Waals surface area contributed by atoms with Crippen molar-refractivity contribution in [2.75, 3.05) is 0 Å². The number of carbonyl (C=O) groups excluding carboxylic acids is 1. The average Bonchev–Trinajstić information content (AvgIpc) is 2.90. The van der Waals surface area contributed by atoms with E-state index in [0.717, 1.165) is 16.3 Å². The molecular formula is C11H16N2OS. The molecule has 1 aliphatic carbocycles. The number of ketones is 1. The normalized spacial score (nSPS) is 17.8. The van der Waals surface area contributed by atoms with Crippen LogP contribution in [0.3, 0.4) is 0 Å². The topological polar surface area (TPSA) is 56.0 Å². The molecule has 82 valence electrons. The third-order valence-electron chi connectivity index (χ3n) is 2.76. The van der Waals surface area contributed by atoms with Gasteiger partial charge in [-0.15, -0.1) is 11.3 Å². The summed E-state index contributed by atoms with van der Waals surface area (Å²) >= 11 is 1.56. The summed E-state index contributed by atoms with van der Waals surface area (Å²) in [5.74, 6) is 0.702. The zero-order valence-corrected chi connectivity index (χ0v) is 9.93. The molecule has 0 saturated heterocycles. The van der Waals surface area contributed by atoms with Crippen molar-refractivity contribution in [2.24, 2.45) is 11.7 Å². The van der Waals surface area contributed by atoms with Crippen LogP contribution in [0.4, 0.5) is 0 Å². The van der Waals surface area contributed by atoms with Crippen LogP contribution in [0.25, 0.3) is 0 Å². The summed E-state index contributed by atoms with van der Waals surface area (Å²) in [6.07, 6.45) is 3.29. The van der Waals surface area contributed by atoms with Crippen LogP contribution in [0, 0.1) is 19.8 Å². The highest BCUT2D eigenvalue weighted by Crippen LogP contribution is 2.33. The lowest BCUT2D eigenvalue weighted by atomic mass is 10.0. The maximum atomic E-state index is 12.0. The second-order valence-electron chi connectivity index (χ2n) is 4.29. The lowest BCUT2D eigenvalue weighted by molar-refractivity contribution is 0.0949. The quantitative estimate of drug-likeness (QED) is 0.796. The van der Waals surface area contributed by atoms with Gasteiger partial charge >= 0.3 is 0 Å². The number of thiazole rings is 1. The first-order chi connectivity index (χ1) is 7.08. The molecule has 15 heavy (non-hydrogen) atoms. The third kappa shape index (κ3) is 2.44. The fourth-order valence-corrected chi connectivity index (χ4v) is 2.58. The molecule has 1 heterocycles. The number of carbonyl (C=O) groups is 1. The van der Waals surface area contributed by atoms with Crippen molar-refractivity contribution >= 4 is 17.1 Å². The van der Waals surface area contributed by atoms with Gasteiger partial charge in [-0.3, -0.25) is 4.79 Å². The highest BCUT2D eigenvalue weighted by molar-refractivity contribution is 7.11. The number of aromatic nitrogens is 1. The maximum Gasteiger partial charge on any atom is 0.198 e. The van der Waals surface area contributed by atoms with Crippen LogP contribution in [-0.4, -0.2) is 16.8 Å². The molecule has 1 unspecified atom stereocenters. The Morgan fingerprint density at radius 2 is 2.27 bits per heavy atom. The van der Waals surface area contributed by atoms with E-state index in [2.05, 4.69) is 4.98 Å². The summed E-state index contributed by atoms with van der Waals surface area (Å²) in [5.41, 5.74) is 6.47. The van der Waals surface area contributed by atoms with Crippen LogP contribution in [0.1, 0.15) is 39.6 Å². The van der Waals surface area contributed by atoms with Crippen LogP contribution in [0.15, 0.2) is 0 Å². The first kappa shape index (κ1) is 10.8. The Kier molecular flexibility index (Phi) is 2.89. The number of rotatable bonds is 4. The second kappa shape index (κ2) is 4.02. The Bertz CT molecular complexity index is 382. The maximum absolute atomic E-state index is 12.0. The standard InChI is InChI=1S/C11H16N2OS/c1-6-10(13-7(2)15-6)11(14)9(12)5-8-3-4-8/h8-9H,3-5,12H2,1-2H3. The van der Waals surface area contributed by atoms with Crippen molar-refractivity contribution in [1.29, 1.82) is 0 Å². The second-order valence-corrected chi connectivity index (χ2v) is 5.69. The van der Waals surface area contributed by atoms with E-state index in [1.807, 2.05) is 13.8 Å². The van der Waals surface area contributed by atoms with Gasteiger partial charge in [0.05, 0.1) is 11.0 Å². The number of nitrogens with two attached hydrogens (primary N) is 1. The van der Waals surface area contributed by atoms with E-state index in [0.29, 0.717) is 11.6 Å². The number of hydrogen-bond acceptors (Lipinski definition) is 4. The first-order valence-corrected chi connectivity index (χ1v) is 6.13. The molecule has 0 spiro atoms. The molecular weight excluding hydrogens is 208 g/mol. The molecule has 1 aromatic heterocycles. The molecule has 4 heteroatoms. The molecule has 1 aromatic rings. The predicted octanol–water partition coefficient (Wildman–Crippen LogP) is 2.07. The van der Waals surface area contributed by atoms with E-state index in [1.54, 1.807) is 11.3 Å². The highest BCUT2D eigenvalue weighted by Gasteiger charge is 2.29. The zero-order valence-electron chi connectivity index (χ0n) is 9.12. The summed E-state index contributed by atoms with van der Waals surface area (Å²) in [6, 6.07) is -0.349. The molecule has 0 amide bonds. The Morgan fingerprint density at radius 3 is 2.73 bits per heavy atom. The van der Waals surface area contributed by atoms with Gasteiger partial charge in [-0.05, 0) is 26.2 Å². The fraction of sp³-hybridized carbons (Fsp3) is 0.636. The van der Waals surface area contributed by atoms with Crippen LogP contribution < -0.4 is 5.73 Å². The monoisotopic (exact) mass is 224 g/mol. The summed E-state index contributed by atoms with van der Waals surface area (Å²) in [6.45, 7) is 3.85. The van der Waals surface area contributed by atoms with E-state index < -0.39 is 0 Å². The highest BCUT2D eigenvalue weighted by atomic mass is 32.1. The van der Waals surface area contributed by atoms with Gasteiger partial charge in [-0.1, -0.05) is 12.8 Å². The van der Waals surface area contributed by atoms with Gasteiger partial charge in [0.25, 0.3) is 0 Å². The van der Waals surface area contributed by atoms with Crippen molar-refractivity contribution in [3.63, 3.8) is 0 Å². The van der Waals surface area contributed by atoms with E-state index in [-0.39, 0.29) is 11.8 Å². The molecule has 0 radical (unpaired) electrons. The Labute approximate surface area is 93.7 Å². The van der Waals surface area contributed by atoms with E-state index >= 15 is 0 Å². The van der Waals surface area contributed by atoms with E-state index in [1.165, 1.54) is 12.8 Å². The predicted molar refractivity (Wildman–Crippen MR) is 61.2 cm³/mol. The number of Topliss-reactive ketones (excluding diaryl/α,β-unsaturated/α-hetero) is 1. The summed E-state index contributed by atoms with van der Waals surface area (Å²) in [7, 11) is 0. The number of aryl methyl sites for hydroxylation is 2. The molecule has 3 nitrogen and oxygen atoms in total. The van der Waals surface area contributed by atoms with Gasteiger partial charge < -0.3 is 5.73 Å². The molecule has 0 bridgehead atoms. The SMILES string of the molecule is Cc1nc(C(=O)C(N)CC2CC2)c(C)s1. The molecule has 1 saturated carbocycles. The zero-order chi connectivity index (χ0) is 11.0. The summed E-state index contributed by atoms with van der Waals surface area (Å²) in [4.78, 5) is 17.2. The smallest absolute Gasteiger partial charge is 0.198 e. The van der Waals surface area contributed by atoms with Crippen LogP contribution in [-0.2, 0) is 0 Å². The summed E-state index contributed by atoms with van der Waals surface area (Å²) in [5, 5.41) is 0.939. The third-order valence-corrected chi connectivity index (χ3v) is 3.64. The van der Waals surface area contributed by atoms with Gasteiger partial charge in [0.2, 0.25) is 0 Å². The molecule has 0 aromatic carbocycles. The summed E-state index contributed by atoms with van der Waals surface area (Å²) < 4.78 is 0. The number of nitrogens with zero attached hydrogens (tertiary/aromatic N) is 1. The van der Waals surface area contributed by atoms with Crippen molar-refractivity contribution < 1.29 is 4.79 Å². The van der Waals surface area contributed by atoms with Crippen molar-refractivity contribution in [3.05, 3.63) is 15.6 Å². The van der Waals surface area contributed by atoms with Gasteiger partial charge in [-0.2, -0.15) is 0 Å². The van der Waals surface area contributed by atoms with Crippen molar-refractivity contribution in [1.82, 2.24) is 4.98 Å². The molecule has 0 aliphatic heterocycles. The molecule has 1 fully saturated rings. The minimum atomic E-state index is -0.349. The lowest BCUT2D eigenvalue weighted by Gasteiger charge is -2.07. The fourth-order valence-electron chi connectivity index (χ4n) is 1.75. The van der Waals surface area contributed by atoms with Crippen LogP contribution >= 0.6 is 11.3 Å². The van der Waals surface area contributed by atoms with E-state index in [4.69, 9.17) is 5.73 Å². The molecule has 1 aliphatic rings. The largest absolute Gasteiger partial charge is 0.321 e. The van der Waals surface area contributed by atoms with Gasteiger partial charge in [0.15, 0.2) is 5.78 Å². The van der Waals surface area contributed by atoms with Crippen molar-refractivity contribution in [3.8, 4) is 0 Å². The van der Waals surface area contributed by atoms with Gasteiger partial charge in [0.1, 0.15) is 5.69 Å². The number of hydrogen-bond donors (Lipinski definition) is 1. The van der Waals surface area contributed by atoms with Gasteiger partial charge in [-0.25, -0.2) is 4.98 Å². The Morgan fingerprint density at radius 1 is 1.60 bits per heavy atom. The lowest BCUT2D eigenvalue weighted by Crippen LogP contribution is -2.31. The Hall–Kier alpha value is -0.740. The minimum absolute atomic E-state index is 0.0174. The molecule has 1 atom stereocenters. The van der Waals surface area contributed by atoms with E-state index in [9.17, 15) is 4.79 Å². The van der Waals surface area contributed by atoms with Crippen LogP contribution in [0.5, 0.6) is 0 Å². The van der Waals surface area contributed by atoms with Crippen LogP contribution in [0.2, 0.25) is 0 Å². The van der Waals surface area contributed by atoms with Gasteiger partial charge in [0, 0.05) is 4.88 Å². The Balaban J connectivity index is 2.08. The average molecular weight is 224 g/mol. The first-order valence-electron chi connectivity index (χ1n) is 5.31. The minimum Gasteiger partial charge on any atom is -0.321 e. The molecule has 2 N–H and O–H groups in total. The molecule has 2 rings (SSSR count).